The van der Waals surface area contributed by atoms with Crippen LogP contribution in [0.2, 0.25) is 5.02 Å². The van der Waals surface area contributed by atoms with E-state index in [-0.39, 0.29) is 0 Å². The second-order valence-corrected chi connectivity index (χ2v) is 5.47. The van der Waals surface area contributed by atoms with Gasteiger partial charge in [0.15, 0.2) is 11.5 Å². The lowest BCUT2D eigenvalue weighted by Gasteiger charge is -2.15. The van der Waals surface area contributed by atoms with E-state index in [0.717, 1.165) is 5.56 Å². The van der Waals surface area contributed by atoms with Crippen LogP contribution in [0.1, 0.15) is 26.3 Å². The van der Waals surface area contributed by atoms with Crippen molar-refractivity contribution in [2.75, 3.05) is 27.3 Å². The zero-order chi connectivity index (χ0) is 15.1. The molecule has 0 saturated carbocycles. The Balaban J connectivity index is 3.04. The molecule has 0 radical (unpaired) electrons. The van der Waals surface area contributed by atoms with Gasteiger partial charge < -0.3 is 14.5 Å². The van der Waals surface area contributed by atoms with Crippen molar-refractivity contribution in [3.63, 3.8) is 0 Å². The van der Waals surface area contributed by atoms with Crippen LogP contribution in [-0.4, -0.2) is 38.5 Å². The summed E-state index contributed by atoms with van der Waals surface area (Å²) in [6, 6.07) is 3.71. The van der Waals surface area contributed by atoms with Crippen molar-refractivity contribution in [3.8, 4) is 11.5 Å². The molecular weight excluding hydrogens is 276 g/mol. The average Bonchev–Trinajstić information content (AvgIpc) is 2.35. The summed E-state index contributed by atoms with van der Waals surface area (Å²) in [5.41, 5.74) is 0.879. The monoisotopic (exact) mass is 298 g/mol. The highest BCUT2D eigenvalue weighted by atomic mass is 35.5. The van der Waals surface area contributed by atoms with Gasteiger partial charge in [-0.1, -0.05) is 25.4 Å². The van der Waals surface area contributed by atoms with Crippen molar-refractivity contribution in [2.24, 2.45) is 11.0 Å². The number of ether oxygens (including phenoxy) is 2. The molecule has 20 heavy (non-hydrogen) atoms. The molecule has 0 aliphatic heterocycles. The maximum Gasteiger partial charge on any atom is 0.179 e. The number of hydrogen-bond donors (Lipinski definition) is 0. The Morgan fingerprint density at radius 2 is 2.00 bits per heavy atom. The zero-order valence-electron chi connectivity index (χ0n) is 12.8. The van der Waals surface area contributed by atoms with Crippen molar-refractivity contribution in [3.05, 3.63) is 22.7 Å². The van der Waals surface area contributed by atoms with Crippen molar-refractivity contribution in [1.29, 1.82) is 0 Å². The molecule has 4 nitrogen and oxygen atoms in total. The van der Waals surface area contributed by atoms with Crippen LogP contribution in [-0.2, 0) is 0 Å². The van der Waals surface area contributed by atoms with Crippen molar-refractivity contribution in [1.82, 2.24) is 5.01 Å². The van der Waals surface area contributed by atoms with Gasteiger partial charge in [0.1, 0.15) is 0 Å². The number of nitrogens with zero attached hydrogens (tertiary/aromatic N) is 2. The summed E-state index contributed by atoms with van der Waals surface area (Å²) in [4.78, 5) is 0. The first-order valence-electron chi connectivity index (χ1n) is 6.74. The third kappa shape index (κ3) is 5.29. The number of rotatable bonds is 7. The summed E-state index contributed by atoms with van der Waals surface area (Å²) in [5, 5.41) is 6.45. The topological polar surface area (TPSA) is 34.1 Å². The summed E-state index contributed by atoms with van der Waals surface area (Å²) in [5.74, 6) is 1.68. The maximum absolute atomic E-state index is 6.29. The van der Waals surface area contributed by atoms with Crippen LogP contribution in [0.25, 0.3) is 0 Å². The molecular formula is C15H23ClN2O2. The third-order valence-corrected chi connectivity index (χ3v) is 2.61. The molecule has 0 spiro atoms. The van der Waals surface area contributed by atoms with E-state index in [2.05, 4.69) is 18.9 Å². The molecule has 0 aliphatic carbocycles. The van der Waals surface area contributed by atoms with Gasteiger partial charge in [-0.25, -0.2) is 0 Å². The van der Waals surface area contributed by atoms with E-state index < -0.39 is 0 Å². The average molecular weight is 299 g/mol. The molecule has 0 bridgehead atoms. The van der Waals surface area contributed by atoms with E-state index in [1.165, 1.54) is 0 Å². The van der Waals surface area contributed by atoms with Crippen molar-refractivity contribution in [2.45, 2.75) is 20.8 Å². The number of hydrazone groups is 1. The highest BCUT2D eigenvalue weighted by Crippen LogP contribution is 2.36. The summed E-state index contributed by atoms with van der Waals surface area (Å²) in [6.07, 6.45) is 1.74. The molecule has 1 aromatic rings. The summed E-state index contributed by atoms with van der Waals surface area (Å²) >= 11 is 6.29. The van der Waals surface area contributed by atoms with Crippen molar-refractivity contribution < 1.29 is 9.47 Å². The highest BCUT2D eigenvalue weighted by Gasteiger charge is 2.12. The van der Waals surface area contributed by atoms with E-state index in [0.29, 0.717) is 35.7 Å². The van der Waals surface area contributed by atoms with Crippen LogP contribution < -0.4 is 9.47 Å². The molecule has 0 saturated heterocycles. The van der Waals surface area contributed by atoms with E-state index >= 15 is 0 Å². The number of benzene rings is 1. The standard InChI is InChI=1S/C15H23ClN2O2/c1-6-19-14-8-12(9-17-18(4)5)7-13(16)15(14)20-10-11(2)3/h7-9,11H,6,10H2,1-5H3/b17-9+. The fraction of sp³-hybridized carbons (Fsp3) is 0.533. The predicted molar refractivity (Wildman–Crippen MR) is 84.2 cm³/mol. The van der Waals surface area contributed by atoms with Gasteiger partial charge in [-0.2, -0.15) is 5.10 Å². The molecule has 0 amide bonds. The van der Waals surface area contributed by atoms with E-state index in [4.69, 9.17) is 21.1 Å². The normalized spacial score (nSPS) is 11.2. The van der Waals surface area contributed by atoms with Crippen LogP contribution in [0.3, 0.4) is 0 Å². The van der Waals surface area contributed by atoms with Crippen LogP contribution in [0, 0.1) is 5.92 Å². The Hall–Kier alpha value is -1.42. The Bertz CT molecular complexity index is 459. The summed E-state index contributed by atoms with van der Waals surface area (Å²) in [7, 11) is 3.73. The van der Waals surface area contributed by atoms with E-state index in [1.54, 1.807) is 11.2 Å². The van der Waals surface area contributed by atoms with Gasteiger partial charge in [0.05, 0.1) is 24.5 Å². The van der Waals surface area contributed by atoms with Gasteiger partial charge in [-0.3, -0.25) is 0 Å². The van der Waals surface area contributed by atoms with E-state index in [1.807, 2.05) is 33.2 Å². The minimum Gasteiger partial charge on any atom is -0.490 e. The zero-order valence-corrected chi connectivity index (χ0v) is 13.6. The quantitative estimate of drug-likeness (QED) is 0.569. The first-order valence-corrected chi connectivity index (χ1v) is 7.12. The predicted octanol–water partition coefficient (Wildman–Crippen LogP) is 3.67. The third-order valence-electron chi connectivity index (χ3n) is 2.33. The second-order valence-electron chi connectivity index (χ2n) is 5.06. The van der Waals surface area contributed by atoms with E-state index in [9.17, 15) is 0 Å². The van der Waals surface area contributed by atoms with Crippen LogP contribution in [0.15, 0.2) is 17.2 Å². The summed E-state index contributed by atoms with van der Waals surface area (Å²) in [6.45, 7) is 7.27. The lowest BCUT2D eigenvalue weighted by molar-refractivity contribution is 0.248. The van der Waals surface area contributed by atoms with Crippen LogP contribution >= 0.6 is 11.6 Å². The van der Waals surface area contributed by atoms with Gasteiger partial charge in [-0.15, -0.1) is 0 Å². The van der Waals surface area contributed by atoms with Gasteiger partial charge in [0.25, 0.3) is 0 Å². The molecule has 0 heterocycles. The van der Waals surface area contributed by atoms with Crippen molar-refractivity contribution >= 4 is 17.8 Å². The number of halogens is 1. The molecule has 0 unspecified atom stereocenters. The number of hydrogen-bond acceptors (Lipinski definition) is 4. The molecule has 0 aromatic heterocycles. The molecule has 1 aromatic carbocycles. The van der Waals surface area contributed by atoms with Gasteiger partial charge in [-0.05, 0) is 30.5 Å². The lowest BCUT2D eigenvalue weighted by Crippen LogP contribution is -2.07. The van der Waals surface area contributed by atoms with Gasteiger partial charge in [0.2, 0.25) is 0 Å². The molecule has 0 aliphatic rings. The minimum atomic E-state index is 0.426. The lowest BCUT2D eigenvalue weighted by atomic mass is 10.2. The SMILES string of the molecule is CCOc1cc(/C=N/N(C)C)cc(Cl)c1OCC(C)C. The minimum absolute atomic E-state index is 0.426. The Kier molecular flexibility index (Phi) is 6.65. The largest absolute Gasteiger partial charge is 0.490 e. The first-order chi connectivity index (χ1) is 9.43. The second kappa shape index (κ2) is 8.00. The molecule has 112 valence electrons. The fourth-order valence-corrected chi connectivity index (χ4v) is 1.77. The maximum atomic E-state index is 6.29. The summed E-state index contributed by atoms with van der Waals surface area (Å²) < 4.78 is 11.4. The molecule has 0 N–H and O–H groups in total. The molecule has 5 heteroatoms. The Morgan fingerprint density at radius 1 is 1.30 bits per heavy atom. The highest BCUT2D eigenvalue weighted by molar-refractivity contribution is 6.32. The molecule has 0 fully saturated rings. The van der Waals surface area contributed by atoms with Crippen LogP contribution in [0.4, 0.5) is 0 Å². The fourth-order valence-electron chi connectivity index (χ4n) is 1.50. The Labute approximate surface area is 126 Å². The Morgan fingerprint density at radius 3 is 2.55 bits per heavy atom. The van der Waals surface area contributed by atoms with Gasteiger partial charge in [0, 0.05) is 14.1 Å². The van der Waals surface area contributed by atoms with Crippen LogP contribution in [0.5, 0.6) is 11.5 Å². The van der Waals surface area contributed by atoms with Gasteiger partial charge >= 0.3 is 0 Å². The first kappa shape index (κ1) is 16.6. The smallest absolute Gasteiger partial charge is 0.179 e. The molecule has 0 atom stereocenters. The molecule has 1 rings (SSSR count).